The summed E-state index contributed by atoms with van der Waals surface area (Å²) in [5, 5.41) is 9.69. The molecule has 1 aliphatic carbocycles. The predicted molar refractivity (Wildman–Crippen MR) is 52.1 cm³/mol. The molecule has 1 unspecified atom stereocenters. The Morgan fingerprint density at radius 1 is 1.57 bits per heavy atom. The summed E-state index contributed by atoms with van der Waals surface area (Å²) in [7, 11) is 0. The fraction of sp³-hybridized carbons (Fsp3) is 0.455. The molecule has 1 aliphatic rings. The van der Waals surface area contributed by atoms with Crippen molar-refractivity contribution in [3.05, 3.63) is 29.1 Å². The van der Waals surface area contributed by atoms with Gasteiger partial charge in [-0.1, -0.05) is 6.07 Å². The van der Waals surface area contributed by atoms with E-state index in [-0.39, 0.29) is 5.78 Å². The first-order valence-corrected chi connectivity index (χ1v) is 4.87. The molecule has 0 spiro atoms. The third kappa shape index (κ3) is 1.55. The Hall–Kier alpha value is -1.22. The summed E-state index contributed by atoms with van der Waals surface area (Å²) in [6, 6.07) is 3.64. The Balaban J connectivity index is 2.45. The van der Waals surface area contributed by atoms with E-state index >= 15 is 0 Å². The lowest BCUT2D eigenvalue weighted by Crippen LogP contribution is -2.13. The molecule has 1 atom stereocenters. The van der Waals surface area contributed by atoms with Crippen LogP contribution in [0.15, 0.2) is 12.1 Å². The van der Waals surface area contributed by atoms with Crippen LogP contribution in [0.3, 0.4) is 0 Å². The van der Waals surface area contributed by atoms with Crippen LogP contribution in [0.4, 0.5) is 0 Å². The van der Waals surface area contributed by atoms with Gasteiger partial charge in [0.15, 0.2) is 5.78 Å². The lowest BCUT2D eigenvalue weighted by molar-refractivity contribution is 0.101. The van der Waals surface area contributed by atoms with Crippen LogP contribution in [0.2, 0.25) is 0 Å². The molecule has 2 rings (SSSR count). The molecule has 1 N–H and O–H groups in total. The highest BCUT2D eigenvalue weighted by Crippen LogP contribution is 2.27. The summed E-state index contributed by atoms with van der Waals surface area (Å²) >= 11 is 0. The van der Waals surface area contributed by atoms with Gasteiger partial charge in [0.25, 0.3) is 0 Å². The Labute approximate surface area is 82.8 Å². The van der Waals surface area contributed by atoms with E-state index < -0.39 is 6.10 Å². The summed E-state index contributed by atoms with van der Waals surface area (Å²) < 4.78 is 0. The Morgan fingerprint density at radius 3 is 3.07 bits per heavy atom. The second kappa shape index (κ2) is 3.50. The molecule has 3 heteroatoms. The van der Waals surface area contributed by atoms with Crippen molar-refractivity contribution in [2.75, 3.05) is 0 Å². The zero-order valence-electron chi connectivity index (χ0n) is 8.16. The molecule has 0 saturated heterocycles. The third-order valence-electron chi connectivity index (χ3n) is 2.61. The van der Waals surface area contributed by atoms with Crippen molar-refractivity contribution in [2.24, 2.45) is 0 Å². The molecule has 1 heterocycles. The van der Waals surface area contributed by atoms with Crippen molar-refractivity contribution in [1.82, 2.24) is 4.98 Å². The molecule has 3 nitrogen and oxygen atoms in total. The predicted octanol–water partition coefficient (Wildman–Crippen LogP) is 1.65. The molecular weight excluding hydrogens is 178 g/mol. The van der Waals surface area contributed by atoms with Crippen molar-refractivity contribution in [2.45, 2.75) is 32.3 Å². The summed E-state index contributed by atoms with van der Waals surface area (Å²) in [6.45, 7) is 1.49. The van der Waals surface area contributed by atoms with Crippen LogP contribution in [0.1, 0.15) is 47.6 Å². The number of carbonyl (C=O) groups is 1. The first kappa shape index (κ1) is 9.34. The van der Waals surface area contributed by atoms with Crippen molar-refractivity contribution >= 4 is 5.78 Å². The maximum Gasteiger partial charge on any atom is 0.178 e. The molecule has 0 aliphatic heterocycles. The number of rotatable bonds is 1. The first-order chi connectivity index (χ1) is 6.68. The fourth-order valence-corrected chi connectivity index (χ4v) is 1.82. The van der Waals surface area contributed by atoms with Gasteiger partial charge in [0.2, 0.25) is 0 Å². The normalized spacial score (nSPS) is 20.3. The molecule has 0 amide bonds. The summed E-state index contributed by atoms with van der Waals surface area (Å²) in [4.78, 5) is 15.3. The van der Waals surface area contributed by atoms with Crippen LogP contribution in [-0.2, 0) is 6.42 Å². The number of carbonyl (C=O) groups excluding carboxylic acids is 1. The number of hydrogen-bond donors (Lipinski definition) is 1. The van der Waals surface area contributed by atoms with E-state index in [0.717, 1.165) is 24.8 Å². The molecule has 14 heavy (non-hydrogen) atoms. The number of aliphatic hydroxyl groups is 1. The number of aryl methyl sites for hydroxylation is 1. The minimum absolute atomic E-state index is 0.0504. The van der Waals surface area contributed by atoms with E-state index in [9.17, 15) is 9.90 Å². The molecule has 0 aromatic carbocycles. The van der Waals surface area contributed by atoms with Crippen LogP contribution in [0.5, 0.6) is 0 Å². The van der Waals surface area contributed by atoms with E-state index in [1.165, 1.54) is 6.92 Å². The van der Waals surface area contributed by atoms with Crippen LogP contribution in [0.25, 0.3) is 0 Å². The van der Waals surface area contributed by atoms with E-state index in [1.54, 1.807) is 6.07 Å². The van der Waals surface area contributed by atoms with Crippen LogP contribution in [0, 0.1) is 0 Å². The Kier molecular flexibility index (Phi) is 2.33. The molecule has 74 valence electrons. The van der Waals surface area contributed by atoms with E-state index in [0.29, 0.717) is 11.4 Å². The maximum absolute atomic E-state index is 11.1. The van der Waals surface area contributed by atoms with Gasteiger partial charge < -0.3 is 5.11 Å². The van der Waals surface area contributed by atoms with Gasteiger partial charge in [-0.15, -0.1) is 0 Å². The van der Waals surface area contributed by atoms with Crippen molar-refractivity contribution in [3.8, 4) is 0 Å². The fourth-order valence-electron chi connectivity index (χ4n) is 1.82. The minimum Gasteiger partial charge on any atom is -0.387 e. The number of Topliss-reactive ketones (excluding diaryl/α,β-unsaturated/α-hetero) is 1. The van der Waals surface area contributed by atoms with Crippen molar-refractivity contribution in [1.29, 1.82) is 0 Å². The number of nitrogens with zero attached hydrogens (tertiary/aromatic N) is 1. The Morgan fingerprint density at radius 2 is 2.36 bits per heavy atom. The minimum atomic E-state index is -0.488. The number of ketones is 1. The number of hydrogen-bond acceptors (Lipinski definition) is 3. The van der Waals surface area contributed by atoms with Crippen LogP contribution < -0.4 is 0 Å². The standard InChI is InChI=1S/C11H13NO2/c1-7(13)9-6-5-8-3-2-4-10(14)11(8)12-9/h5-6,10,14H,2-4H2,1H3. The van der Waals surface area contributed by atoms with E-state index in [2.05, 4.69) is 4.98 Å². The molecule has 1 aromatic heterocycles. The first-order valence-electron chi connectivity index (χ1n) is 4.87. The molecule has 0 radical (unpaired) electrons. The monoisotopic (exact) mass is 191 g/mol. The highest BCUT2D eigenvalue weighted by atomic mass is 16.3. The molecule has 0 saturated carbocycles. The number of aliphatic hydroxyl groups excluding tert-OH is 1. The van der Waals surface area contributed by atoms with Gasteiger partial charge in [0.1, 0.15) is 5.69 Å². The number of pyridine rings is 1. The summed E-state index contributed by atoms with van der Waals surface area (Å²) in [6.07, 6.45) is 2.21. The van der Waals surface area contributed by atoms with Gasteiger partial charge in [-0.05, 0) is 30.9 Å². The van der Waals surface area contributed by atoms with Crippen molar-refractivity contribution < 1.29 is 9.90 Å². The highest BCUT2D eigenvalue weighted by Gasteiger charge is 2.20. The lowest BCUT2D eigenvalue weighted by Gasteiger charge is -2.20. The Bertz CT molecular complexity index is 374. The quantitative estimate of drug-likeness (QED) is 0.687. The van der Waals surface area contributed by atoms with Gasteiger partial charge in [-0.2, -0.15) is 0 Å². The summed E-state index contributed by atoms with van der Waals surface area (Å²) in [5.74, 6) is -0.0504. The zero-order chi connectivity index (χ0) is 10.1. The highest BCUT2D eigenvalue weighted by molar-refractivity contribution is 5.92. The number of fused-ring (bicyclic) bond motifs is 1. The molecule has 1 aromatic rings. The smallest absolute Gasteiger partial charge is 0.178 e. The third-order valence-corrected chi connectivity index (χ3v) is 2.61. The average molecular weight is 191 g/mol. The van der Waals surface area contributed by atoms with Crippen molar-refractivity contribution in [3.63, 3.8) is 0 Å². The zero-order valence-corrected chi connectivity index (χ0v) is 8.16. The molecular formula is C11H13NO2. The van der Waals surface area contributed by atoms with Gasteiger partial charge in [0, 0.05) is 6.92 Å². The van der Waals surface area contributed by atoms with Gasteiger partial charge in [-0.25, -0.2) is 4.98 Å². The largest absolute Gasteiger partial charge is 0.387 e. The second-order valence-electron chi connectivity index (χ2n) is 3.71. The topological polar surface area (TPSA) is 50.2 Å². The van der Waals surface area contributed by atoms with E-state index in [4.69, 9.17) is 0 Å². The summed E-state index contributed by atoms with van der Waals surface area (Å²) in [5.41, 5.74) is 2.22. The van der Waals surface area contributed by atoms with Crippen LogP contribution >= 0.6 is 0 Å². The maximum atomic E-state index is 11.1. The van der Waals surface area contributed by atoms with Crippen LogP contribution in [-0.4, -0.2) is 15.9 Å². The van der Waals surface area contributed by atoms with Gasteiger partial charge in [0.05, 0.1) is 11.8 Å². The second-order valence-corrected chi connectivity index (χ2v) is 3.71. The number of aromatic nitrogens is 1. The van der Waals surface area contributed by atoms with Gasteiger partial charge >= 0.3 is 0 Å². The van der Waals surface area contributed by atoms with E-state index in [1.807, 2.05) is 6.07 Å². The lowest BCUT2D eigenvalue weighted by atomic mass is 9.93. The SMILES string of the molecule is CC(=O)c1ccc2c(n1)C(O)CCC2. The molecule has 0 fully saturated rings. The average Bonchev–Trinajstić information content (AvgIpc) is 2.18. The van der Waals surface area contributed by atoms with Gasteiger partial charge in [-0.3, -0.25) is 4.79 Å². The molecule has 0 bridgehead atoms.